The number of hydrogen-bond donors (Lipinski definition) is 1. The second kappa shape index (κ2) is 4.79. The molecule has 0 saturated heterocycles. The van der Waals surface area contributed by atoms with Gasteiger partial charge in [-0.25, -0.2) is 4.98 Å². The molecule has 0 fully saturated rings. The lowest BCUT2D eigenvalue weighted by molar-refractivity contribution is 1.09. The molecule has 0 amide bonds. The zero-order valence-corrected chi connectivity index (χ0v) is 13.5. The van der Waals surface area contributed by atoms with Crippen LogP contribution in [0.5, 0.6) is 0 Å². The zero-order chi connectivity index (χ0) is 14.4. The Kier molecular flexibility index (Phi) is 3.22. The third kappa shape index (κ3) is 2.09. The van der Waals surface area contributed by atoms with Gasteiger partial charge in [0.2, 0.25) is 0 Å². The van der Waals surface area contributed by atoms with Crippen LogP contribution in [0.2, 0.25) is 5.02 Å². The topological polar surface area (TPSA) is 43.3 Å². The molecule has 102 valence electrons. The first kappa shape index (κ1) is 13.5. The molecular formula is C15H13BrClN3. The van der Waals surface area contributed by atoms with Gasteiger partial charge in [0.05, 0.1) is 5.02 Å². The summed E-state index contributed by atoms with van der Waals surface area (Å²) in [5, 5.41) is 0.637. The number of fused-ring (bicyclic) bond motifs is 1. The van der Waals surface area contributed by atoms with Crippen LogP contribution in [0.3, 0.4) is 0 Å². The molecule has 0 unspecified atom stereocenters. The number of hydrogen-bond acceptors (Lipinski definition) is 2. The number of anilines is 1. The Hall–Kier alpha value is -1.52. The fourth-order valence-electron chi connectivity index (χ4n) is 2.44. The molecule has 0 aliphatic rings. The first-order valence-electron chi connectivity index (χ1n) is 6.18. The number of rotatable bonds is 1. The fourth-order valence-corrected chi connectivity index (χ4v) is 3.00. The minimum absolute atomic E-state index is 0.609. The van der Waals surface area contributed by atoms with Crippen LogP contribution >= 0.6 is 27.5 Å². The van der Waals surface area contributed by atoms with Gasteiger partial charge in [-0.2, -0.15) is 0 Å². The maximum absolute atomic E-state index is 6.28. The van der Waals surface area contributed by atoms with Gasteiger partial charge in [0, 0.05) is 15.7 Å². The molecule has 0 spiro atoms. The highest BCUT2D eigenvalue weighted by Gasteiger charge is 2.15. The van der Waals surface area contributed by atoms with Crippen molar-refractivity contribution in [3.63, 3.8) is 0 Å². The lowest BCUT2D eigenvalue weighted by Crippen LogP contribution is -1.98. The number of imidazole rings is 1. The summed E-state index contributed by atoms with van der Waals surface area (Å²) in [5.41, 5.74) is 10.9. The minimum Gasteiger partial charge on any atom is -0.383 e. The summed E-state index contributed by atoms with van der Waals surface area (Å²) in [7, 11) is 0. The van der Waals surface area contributed by atoms with Crippen molar-refractivity contribution in [2.75, 3.05) is 5.73 Å². The average Bonchev–Trinajstić information content (AvgIpc) is 2.69. The van der Waals surface area contributed by atoms with Crippen LogP contribution in [0.4, 0.5) is 5.82 Å². The summed E-state index contributed by atoms with van der Waals surface area (Å²) in [4.78, 5) is 4.64. The Balaban J connectivity index is 2.35. The van der Waals surface area contributed by atoms with Gasteiger partial charge in [-0.05, 0) is 49.7 Å². The molecule has 2 heterocycles. The Bertz CT molecular complexity index is 824. The van der Waals surface area contributed by atoms with Crippen LogP contribution in [-0.2, 0) is 0 Å². The molecular weight excluding hydrogens is 338 g/mol. The Morgan fingerprint density at radius 2 is 1.95 bits per heavy atom. The number of benzene rings is 1. The van der Waals surface area contributed by atoms with E-state index < -0.39 is 0 Å². The van der Waals surface area contributed by atoms with E-state index in [4.69, 9.17) is 17.3 Å². The lowest BCUT2D eigenvalue weighted by Gasteiger charge is -2.05. The molecule has 0 aliphatic heterocycles. The van der Waals surface area contributed by atoms with Crippen molar-refractivity contribution < 1.29 is 0 Å². The van der Waals surface area contributed by atoms with E-state index in [2.05, 4.69) is 27.0 Å². The highest BCUT2D eigenvalue weighted by molar-refractivity contribution is 9.10. The predicted molar refractivity (Wildman–Crippen MR) is 87.2 cm³/mol. The van der Waals surface area contributed by atoms with E-state index in [9.17, 15) is 0 Å². The molecule has 2 N–H and O–H groups in total. The van der Waals surface area contributed by atoms with E-state index in [1.54, 1.807) is 0 Å². The molecule has 3 rings (SSSR count). The van der Waals surface area contributed by atoms with Gasteiger partial charge in [-0.15, -0.1) is 0 Å². The molecule has 0 aliphatic carbocycles. The van der Waals surface area contributed by atoms with Crippen molar-refractivity contribution in [1.29, 1.82) is 0 Å². The fraction of sp³-hybridized carbons (Fsp3) is 0.133. The predicted octanol–water partition coefficient (Wildman–Crippen LogP) is 4.62. The monoisotopic (exact) mass is 349 g/mol. The summed E-state index contributed by atoms with van der Waals surface area (Å²) >= 11 is 9.73. The molecule has 1 aromatic carbocycles. The van der Waals surface area contributed by atoms with Gasteiger partial charge in [0.1, 0.15) is 17.2 Å². The van der Waals surface area contributed by atoms with Crippen LogP contribution in [0.25, 0.3) is 16.9 Å². The number of aryl methyl sites for hydroxylation is 2. The van der Waals surface area contributed by atoms with Crippen molar-refractivity contribution >= 4 is 39.0 Å². The van der Waals surface area contributed by atoms with E-state index in [0.29, 0.717) is 16.5 Å². The lowest BCUT2D eigenvalue weighted by atomic mass is 10.1. The molecule has 0 bridgehead atoms. The molecule has 5 heteroatoms. The number of halogens is 2. The quantitative estimate of drug-likeness (QED) is 0.696. The van der Waals surface area contributed by atoms with E-state index in [1.165, 1.54) is 0 Å². The standard InChI is InChI=1S/C15H13BrClN3/c1-8-5-9(2)20-13(6-8)19-14(15(20)18)11-7-10(16)3-4-12(11)17/h3-7H,18H2,1-2H3. The van der Waals surface area contributed by atoms with Crippen LogP contribution < -0.4 is 5.73 Å². The first-order valence-corrected chi connectivity index (χ1v) is 7.35. The van der Waals surface area contributed by atoms with E-state index in [1.807, 2.05) is 42.5 Å². The van der Waals surface area contributed by atoms with Gasteiger partial charge in [0.25, 0.3) is 0 Å². The van der Waals surface area contributed by atoms with E-state index in [-0.39, 0.29) is 0 Å². The van der Waals surface area contributed by atoms with Crippen LogP contribution in [0, 0.1) is 13.8 Å². The SMILES string of the molecule is Cc1cc(C)n2c(N)c(-c3cc(Br)ccc3Cl)nc2c1. The van der Waals surface area contributed by atoms with Crippen LogP contribution in [0.1, 0.15) is 11.3 Å². The Labute approximate surface area is 130 Å². The second-order valence-electron chi connectivity index (χ2n) is 4.84. The molecule has 3 aromatic rings. The highest BCUT2D eigenvalue weighted by Crippen LogP contribution is 2.34. The second-order valence-corrected chi connectivity index (χ2v) is 6.16. The van der Waals surface area contributed by atoms with Crippen molar-refractivity contribution in [2.45, 2.75) is 13.8 Å². The van der Waals surface area contributed by atoms with Crippen LogP contribution in [-0.4, -0.2) is 9.38 Å². The summed E-state index contributed by atoms with van der Waals surface area (Å²) in [5.74, 6) is 0.609. The van der Waals surface area contributed by atoms with E-state index >= 15 is 0 Å². The summed E-state index contributed by atoms with van der Waals surface area (Å²) in [6.07, 6.45) is 0. The summed E-state index contributed by atoms with van der Waals surface area (Å²) in [6.45, 7) is 4.06. The molecule has 3 nitrogen and oxygen atoms in total. The number of pyridine rings is 1. The smallest absolute Gasteiger partial charge is 0.139 e. The van der Waals surface area contributed by atoms with Crippen molar-refractivity contribution in [1.82, 2.24) is 9.38 Å². The first-order chi connectivity index (χ1) is 9.47. The number of nitrogens with two attached hydrogens (primary N) is 1. The third-order valence-corrected chi connectivity index (χ3v) is 4.09. The van der Waals surface area contributed by atoms with Gasteiger partial charge >= 0.3 is 0 Å². The van der Waals surface area contributed by atoms with Crippen molar-refractivity contribution in [3.05, 3.63) is 51.1 Å². The maximum atomic E-state index is 6.28. The molecule has 0 atom stereocenters. The molecule has 20 heavy (non-hydrogen) atoms. The number of nitrogens with zero attached hydrogens (tertiary/aromatic N) is 2. The number of nitrogen functional groups attached to an aromatic ring is 1. The van der Waals surface area contributed by atoms with Gasteiger partial charge in [-0.3, -0.25) is 4.40 Å². The van der Waals surface area contributed by atoms with Gasteiger partial charge < -0.3 is 5.73 Å². The number of aromatic nitrogens is 2. The van der Waals surface area contributed by atoms with Crippen molar-refractivity contribution in [3.8, 4) is 11.3 Å². The summed E-state index contributed by atoms with van der Waals surface area (Å²) < 4.78 is 2.89. The Morgan fingerprint density at radius 3 is 2.70 bits per heavy atom. The van der Waals surface area contributed by atoms with E-state index in [0.717, 1.165) is 26.9 Å². The minimum atomic E-state index is 0.609. The van der Waals surface area contributed by atoms with Crippen LogP contribution in [0.15, 0.2) is 34.8 Å². The molecule has 2 aromatic heterocycles. The third-order valence-electron chi connectivity index (χ3n) is 3.27. The average molecular weight is 351 g/mol. The molecule has 0 radical (unpaired) electrons. The highest BCUT2D eigenvalue weighted by atomic mass is 79.9. The Morgan fingerprint density at radius 1 is 1.20 bits per heavy atom. The normalized spacial score (nSPS) is 11.2. The van der Waals surface area contributed by atoms with Gasteiger partial charge in [-0.1, -0.05) is 27.5 Å². The zero-order valence-electron chi connectivity index (χ0n) is 11.1. The summed E-state index contributed by atoms with van der Waals surface area (Å²) in [6, 6.07) is 9.76. The largest absolute Gasteiger partial charge is 0.383 e. The van der Waals surface area contributed by atoms with Crippen molar-refractivity contribution in [2.24, 2.45) is 0 Å². The maximum Gasteiger partial charge on any atom is 0.139 e. The van der Waals surface area contributed by atoms with Gasteiger partial charge in [0.15, 0.2) is 0 Å². The molecule has 0 saturated carbocycles.